The number of carbonyl (C=O) groups excluding carboxylic acids is 2. The molecular formula is C34H38N2O6. The zero-order valence-electron chi connectivity index (χ0n) is 23.8. The zero-order chi connectivity index (χ0) is 29.5. The Morgan fingerprint density at radius 3 is 2.17 bits per heavy atom. The lowest BCUT2D eigenvalue weighted by atomic mass is 9.78. The SMILES string of the molecule is C[C@H](OCc1ccccc1)[C@@H](NC(=O)[C@H]1CCCC[C@H]1CNC(=O)OCC1c2ccccc2-c2ccccc21)C(=O)O. The highest BCUT2D eigenvalue weighted by Gasteiger charge is 2.36. The van der Waals surface area contributed by atoms with Crippen molar-refractivity contribution in [2.75, 3.05) is 13.2 Å². The Bertz CT molecular complexity index is 1350. The van der Waals surface area contributed by atoms with E-state index >= 15 is 0 Å². The number of benzene rings is 3. The molecule has 0 saturated heterocycles. The number of rotatable bonds is 11. The Labute approximate surface area is 246 Å². The minimum atomic E-state index is -1.18. The molecule has 5 rings (SSSR count). The fourth-order valence-electron chi connectivity index (χ4n) is 6.20. The topological polar surface area (TPSA) is 114 Å². The molecule has 4 atom stereocenters. The molecule has 8 nitrogen and oxygen atoms in total. The van der Waals surface area contributed by atoms with Crippen molar-refractivity contribution in [3.63, 3.8) is 0 Å². The number of ether oxygens (including phenoxy) is 2. The van der Waals surface area contributed by atoms with Crippen LogP contribution in [0.4, 0.5) is 4.79 Å². The van der Waals surface area contributed by atoms with Gasteiger partial charge >= 0.3 is 12.1 Å². The number of amides is 2. The summed E-state index contributed by atoms with van der Waals surface area (Å²) >= 11 is 0. The Morgan fingerprint density at radius 2 is 1.50 bits per heavy atom. The van der Waals surface area contributed by atoms with Gasteiger partial charge in [-0.25, -0.2) is 9.59 Å². The van der Waals surface area contributed by atoms with Crippen molar-refractivity contribution in [3.8, 4) is 11.1 Å². The molecule has 0 heterocycles. The molecule has 0 spiro atoms. The van der Waals surface area contributed by atoms with Crippen LogP contribution in [0.25, 0.3) is 11.1 Å². The minimum Gasteiger partial charge on any atom is -0.480 e. The van der Waals surface area contributed by atoms with Crippen LogP contribution in [0.2, 0.25) is 0 Å². The zero-order valence-corrected chi connectivity index (χ0v) is 23.8. The minimum absolute atomic E-state index is 0.0320. The van der Waals surface area contributed by atoms with Crippen LogP contribution in [0.1, 0.15) is 55.2 Å². The van der Waals surface area contributed by atoms with Crippen LogP contribution in [-0.2, 0) is 25.7 Å². The smallest absolute Gasteiger partial charge is 0.407 e. The van der Waals surface area contributed by atoms with E-state index in [2.05, 4.69) is 34.9 Å². The first-order chi connectivity index (χ1) is 20.4. The van der Waals surface area contributed by atoms with Crippen molar-refractivity contribution in [2.24, 2.45) is 11.8 Å². The van der Waals surface area contributed by atoms with Crippen molar-refractivity contribution in [2.45, 2.75) is 57.3 Å². The number of alkyl carbamates (subject to hydrolysis) is 1. The molecule has 1 fully saturated rings. The lowest BCUT2D eigenvalue weighted by Crippen LogP contribution is -2.52. The van der Waals surface area contributed by atoms with E-state index in [9.17, 15) is 19.5 Å². The third-order valence-corrected chi connectivity index (χ3v) is 8.49. The highest BCUT2D eigenvalue weighted by molar-refractivity contribution is 5.85. The molecule has 2 aliphatic rings. The molecule has 0 radical (unpaired) electrons. The third-order valence-electron chi connectivity index (χ3n) is 8.49. The molecule has 3 aromatic carbocycles. The highest BCUT2D eigenvalue weighted by atomic mass is 16.5. The largest absolute Gasteiger partial charge is 0.480 e. The van der Waals surface area contributed by atoms with E-state index in [0.29, 0.717) is 6.42 Å². The number of fused-ring (bicyclic) bond motifs is 3. The second-order valence-corrected chi connectivity index (χ2v) is 11.2. The van der Waals surface area contributed by atoms with Crippen molar-refractivity contribution < 1.29 is 29.0 Å². The van der Waals surface area contributed by atoms with E-state index in [4.69, 9.17) is 9.47 Å². The van der Waals surface area contributed by atoms with Gasteiger partial charge in [0, 0.05) is 18.4 Å². The van der Waals surface area contributed by atoms with Crippen LogP contribution < -0.4 is 10.6 Å². The highest BCUT2D eigenvalue weighted by Crippen LogP contribution is 2.44. The molecule has 0 bridgehead atoms. The predicted octanol–water partition coefficient (Wildman–Crippen LogP) is 5.51. The standard InChI is InChI=1S/C34H38N2O6/c1-22(41-20-23-11-3-2-4-12-23)31(33(38)39)36-32(37)25-14-6-5-13-24(25)19-35-34(40)42-21-30-28-17-9-7-15-26(28)27-16-8-10-18-29(27)30/h2-4,7-12,15-18,22,24-25,30-31H,5-6,13-14,19-21H2,1H3,(H,35,40)(H,36,37)(H,38,39)/t22-,24-,25-,31+/m0/s1. The van der Waals surface area contributed by atoms with Crippen molar-refractivity contribution >= 4 is 18.0 Å². The number of hydrogen-bond donors (Lipinski definition) is 3. The quantitative estimate of drug-likeness (QED) is 0.280. The summed E-state index contributed by atoms with van der Waals surface area (Å²) in [6.45, 7) is 2.40. The average molecular weight is 571 g/mol. The van der Waals surface area contributed by atoms with Gasteiger partial charge in [-0.05, 0) is 53.5 Å². The lowest BCUT2D eigenvalue weighted by Gasteiger charge is -2.32. The van der Waals surface area contributed by atoms with Crippen LogP contribution >= 0.6 is 0 Å². The average Bonchev–Trinajstić information content (AvgIpc) is 3.34. The third kappa shape index (κ3) is 6.82. The molecule has 0 aliphatic heterocycles. The molecule has 0 unspecified atom stereocenters. The summed E-state index contributed by atoms with van der Waals surface area (Å²) in [6, 6.07) is 24.6. The van der Waals surface area contributed by atoms with Gasteiger partial charge in [-0.3, -0.25) is 4.79 Å². The van der Waals surface area contributed by atoms with Gasteiger partial charge < -0.3 is 25.2 Å². The van der Waals surface area contributed by atoms with E-state index in [1.54, 1.807) is 6.92 Å². The fourth-order valence-corrected chi connectivity index (χ4v) is 6.20. The molecule has 220 valence electrons. The predicted molar refractivity (Wildman–Crippen MR) is 159 cm³/mol. The Hall–Kier alpha value is -4.17. The summed E-state index contributed by atoms with van der Waals surface area (Å²) in [5.74, 6) is -2.02. The van der Waals surface area contributed by atoms with E-state index in [1.807, 2.05) is 54.6 Å². The summed E-state index contributed by atoms with van der Waals surface area (Å²) in [5.41, 5.74) is 5.54. The summed E-state index contributed by atoms with van der Waals surface area (Å²) in [6.07, 6.45) is 1.96. The van der Waals surface area contributed by atoms with Gasteiger partial charge in [0.2, 0.25) is 5.91 Å². The summed E-state index contributed by atoms with van der Waals surface area (Å²) in [7, 11) is 0. The molecular weight excluding hydrogens is 532 g/mol. The second-order valence-electron chi connectivity index (χ2n) is 11.2. The monoisotopic (exact) mass is 570 g/mol. The van der Waals surface area contributed by atoms with Crippen LogP contribution in [0.3, 0.4) is 0 Å². The molecule has 42 heavy (non-hydrogen) atoms. The van der Waals surface area contributed by atoms with E-state index in [0.717, 1.165) is 47.1 Å². The van der Waals surface area contributed by atoms with E-state index < -0.39 is 30.1 Å². The first-order valence-electron chi connectivity index (χ1n) is 14.7. The van der Waals surface area contributed by atoms with E-state index in [-0.39, 0.29) is 37.5 Å². The van der Waals surface area contributed by atoms with Crippen LogP contribution in [-0.4, -0.2) is 48.4 Å². The van der Waals surface area contributed by atoms with Crippen LogP contribution in [0, 0.1) is 11.8 Å². The molecule has 1 saturated carbocycles. The molecule has 2 amide bonds. The van der Waals surface area contributed by atoms with Crippen molar-refractivity contribution in [3.05, 3.63) is 95.6 Å². The summed E-state index contributed by atoms with van der Waals surface area (Å²) in [4.78, 5) is 38.1. The van der Waals surface area contributed by atoms with E-state index in [1.165, 1.54) is 0 Å². The number of nitrogens with one attached hydrogen (secondary N) is 2. The van der Waals surface area contributed by atoms with Gasteiger partial charge in [0.15, 0.2) is 6.04 Å². The molecule has 8 heteroatoms. The summed E-state index contributed by atoms with van der Waals surface area (Å²) < 4.78 is 11.5. The Morgan fingerprint density at radius 1 is 0.881 bits per heavy atom. The van der Waals surface area contributed by atoms with Gasteiger partial charge in [-0.2, -0.15) is 0 Å². The molecule has 2 aliphatic carbocycles. The first-order valence-corrected chi connectivity index (χ1v) is 14.7. The maximum absolute atomic E-state index is 13.3. The number of carbonyl (C=O) groups is 3. The van der Waals surface area contributed by atoms with Gasteiger partial charge in [-0.15, -0.1) is 0 Å². The number of aliphatic carboxylic acids is 1. The van der Waals surface area contributed by atoms with Gasteiger partial charge in [-0.1, -0.05) is 91.7 Å². The lowest BCUT2D eigenvalue weighted by molar-refractivity contribution is -0.147. The first kappa shape index (κ1) is 29.3. The van der Waals surface area contributed by atoms with Crippen LogP contribution in [0.5, 0.6) is 0 Å². The Kier molecular flexibility index (Phi) is 9.54. The summed E-state index contributed by atoms with van der Waals surface area (Å²) in [5, 5.41) is 15.4. The fraction of sp³-hybridized carbons (Fsp3) is 0.382. The van der Waals surface area contributed by atoms with Crippen LogP contribution in [0.15, 0.2) is 78.9 Å². The second kappa shape index (κ2) is 13.7. The van der Waals surface area contributed by atoms with Gasteiger partial charge in [0.05, 0.1) is 12.7 Å². The number of hydrogen-bond acceptors (Lipinski definition) is 5. The molecule has 3 N–H and O–H groups in total. The maximum Gasteiger partial charge on any atom is 0.407 e. The number of carboxylic acid groups (broad SMARTS) is 1. The maximum atomic E-state index is 13.3. The van der Waals surface area contributed by atoms with Gasteiger partial charge in [0.25, 0.3) is 0 Å². The number of carboxylic acids is 1. The normalized spacial score (nSPS) is 19.2. The van der Waals surface area contributed by atoms with Crippen molar-refractivity contribution in [1.82, 2.24) is 10.6 Å². The van der Waals surface area contributed by atoms with Crippen molar-refractivity contribution in [1.29, 1.82) is 0 Å². The molecule has 0 aromatic heterocycles. The molecule has 3 aromatic rings. The van der Waals surface area contributed by atoms with Gasteiger partial charge in [0.1, 0.15) is 6.61 Å². The Balaban J connectivity index is 1.14.